The number of hydrogen-bond donors (Lipinski definition) is 0. The second kappa shape index (κ2) is 5.63. The van der Waals surface area contributed by atoms with Crippen molar-refractivity contribution < 1.29 is 8.42 Å². The molecule has 3 atom stereocenters. The second-order valence-electron chi connectivity index (χ2n) is 7.68. The molecule has 4 rings (SSSR count). The van der Waals surface area contributed by atoms with Crippen LogP contribution in [0.1, 0.15) is 25.5 Å². The molecule has 0 radical (unpaired) electrons. The highest BCUT2D eigenvalue weighted by atomic mass is 32.2. The molecule has 0 aliphatic carbocycles. The van der Waals surface area contributed by atoms with E-state index in [2.05, 4.69) is 34.0 Å². The molecule has 2 aliphatic heterocycles. The maximum absolute atomic E-state index is 12.6. The van der Waals surface area contributed by atoms with Gasteiger partial charge in [-0.05, 0) is 26.1 Å². The van der Waals surface area contributed by atoms with E-state index in [-0.39, 0.29) is 28.9 Å². The lowest BCUT2D eigenvalue weighted by molar-refractivity contribution is 0.258. The van der Waals surface area contributed by atoms with Crippen molar-refractivity contribution in [3.05, 3.63) is 18.1 Å². The molecule has 2 fully saturated rings. The first-order valence-corrected chi connectivity index (χ1v) is 10.3. The predicted molar refractivity (Wildman–Crippen MR) is 95.6 cm³/mol. The molecule has 8 nitrogen and oxygen atoms in total. The van der Waals surface area contributed by atoms with Crippen LogP contribution in [0.5, 0.6) is 0 Å². The monoisotopic (exact) mass is 364 g/mol. The molecule has 0 spiro atoms. The van der Waals surface area contributed by atoms with Crippen LogP contribution < -0.4 is 4.90 Å². The van der Waals surface area contributed by atoms with Crippen molar-refractivity contribution >= 4 is 21.2 Å². The number of anilines is 1. The lowest BCUT2D eigenvalue weighted by Crippen LogP contribution is -2.37. The molecule has 136 valence electrons. The van der Waals surface area contributed by atoms with Crippen molar-refractivity contribution in [1.82, 2.24) is 24.7 Å². The summed E-state index contributed by atoms with van der Waals surface area (Å²) in [4.78, 5) is 4.20. The van der Waals surface area contributed by atoms with E-state index in [1.165, 1.54) is 0 Å². The third-order valence-corrected chi connectivity index (χ3v) is 7.76. The van der Waals surface area contributed by atoms with Crippen LogP contribution in [0.2, 0.25) is 0 Å². The summed E-state index contributed by atoms with van der Waals surface area (Å²) in [7, 11) is 0.860. The summed E-state index contributed by atoms with van der Waals surface area (Å²) in [6, 6.07) is 2.10. The van der Waals surface area contributed by atoms with Crippen molar-refractivity contribution in [2.75, 3.05) is 37.8 Å². The van der Waals surface area contributed by atoms with Crippen molar-refractivity contribution in [2.24, 2.45) is 5.92 Å². The van der Waals surface area contributed by atoms with Crippen LogP contribution in [0.25, 0.3) is 5.65 Å². The molecule has 2 saturated heterocycles. The quantitative estimate of drug-likeness (QED) is 0.780. The summed E-state index contributed by atoms with van der Waals surface area (Å²) in [6.45, 7) is 5.42. The highest BCUT2D eigenvalue weighted by Gasteiger charge is 2.53. The summed E-state index contributed by atoms with van der Waals surface area (Å²) in [5, 5.41) is 12.4. The topological polar surface area (TPSA) is 83.7 Å². The van der Waals surface area contributed by atoms with Crippen LogP contribution in [0.4, 0.5) is 5.69 Å². The Balaban J connectivity index is 1.75. The molecule has 4 heterocycles. The molecule has 0 unspecified atom stereocenters. The zero-order valence-electron chi connectivity index (χ0n) is 15.0. The summed E-state index contributed by atoms with van der Waals surface area (Å²) >= 11 is 0. The maximum atomic E-state index is 12.6. The van der Waals surface area contributed by atoms with Gasteiger partial charge >= 0.3 is 0 Å². The minimum atomic E-state index is -3.07. The number of hydrogen-bond acceptors (Lipinski definition) is 7. The molecule has 0 aromatic carbocycles. The average molecular weight is 364 g/mol. The van der Waals surface area contributed by atoms with E-state index in [1.54, 1.807) is 10.8 Å². The van der Waals surface area contributed by atoms with E-state index in [9.17, 15) is 8.42 Å². The first kappa shape index (κ1) is 16.7. The van der Waals surface area contributed by atoms with Gasteiger partial charge in [0.05, 0.1) is 22.4 Å². The van der Waals surface area contributed by atoms with Gasteiger partial charge in [0.2, 0.25) is 5.65 Å². The van der Waals surface area contributed by atoms with Gasteiger partial charge < -0.3 is 9.80 Å². The second-order valence-corrected chi connectivity index (χ2v) is 9.94. The standard InChI is InChI=1S/C16H24N6O2S/c1-10(2)12-5-13(16-18-17-9-22(16)19-12)21-6-11-14(20(3)4)8-25(23,24)15(11)7-21/h5,9-11,14-15H,6-8H2,1-4H3/t11-,14+,15-/m0/s1. The molecular formula is C16H24N6O2S. The Kier molecular flexibility index (Phi) is 3.77. The summed E-state index contributed by atoms with van der Waals surface area (Å²) in [6.07, 6.45) is 1.60. The fourth-order valence-electron chi connectivity index (χ4n) is 4.11. The van der Waals surface area contributed by atoms with Crippen molar-refractivity contribution in [1.29, 1.82) is 0 Å². The molecule has 0 N–H and O–H groups in total. The van der Waals surface area contributed by atoms with E-state index in [4.69, 9.17) is 0 Å². The first-order chi connectivity index (χ1) is 11.8. The van der Waals surface area contributed by atoms with Gasteiger partial charge in [0.25, 0.3) is 0 Å². The van der Waals surface area contributed by atoms with Crippen molar-refractivity contribution in [3.8, 4) is 0 Å². The van der Waals surface area contributed by atoms with Crippen molar-refractivity contribution in [3.63, 3.8) is 0 Å². The van der Waals surface area contributed by atoms with Crippen molar-refractivity contribution in [2.45, 2.75) is 31.1 Å². The van der Waals surface area contributed by atoms with Gasteiger partial charge in [-0.3, -0.25) is 0 Å². The Morgan fingerprint density at radius 2 is 2.04 bits per heavy atom. The largest absolute Gasteiger partial charge is 0.367 e. The molecule has 2 aromatic heterocycles. The fourth-order valence-corrected chi connectivity index (χ4v) is 6.58. The lowest BCUT2D eigenvalue weighted by atomic mass is 10.00. The van der Waals surface area contributed by atoms with E-state index in [0.717, 1.165) is 17.9 Å². The summed E-state index contributed by atoms with van der Waals surface area (Å²) in [5.74, 6) is 0.654. The van der Waals surface area contributed by atoms with Gasteiger partial charge in [-0.25, -0.2) is 8.42 Å². The Morgan fingerprint density at radius 3 is 2.72 bits per heavy atom. The summed E-state index contributed by atoms with van der Waals surface area (Å²) in [5.41, 5.74) is 2.56. The van der Waals surface area contributed by atoms with E-state index >= 15 is 0 Å². The van der Waals surface area contributed by atoms with E-state index < -0.39 is 9.84 Å². The SMILES string of the molecule is CC(C)c1cc(N2C[C@H]3[C@H](N(C)C)CS(=O)(=O)[C@H]3C2)c2nncn2n1. The van der Waals surface area contributed by atoms with Gasteiger partial charge in [0, 0.05) is 25.0 Å². The molecule has 9 heteroatoms. The predicted octanol–water partition coefficient (Wildman–Crippen LogP) is 0.411. The zero-order valence-corrected chi connectivity index (χ0v) is 15.8. The number of sulfone groups is 1. The van der Waals surface area contributed by atoms with Crippen LogP contribution in [0.15, 0.2) is 12.4 Å². The average Bonchev–Trinajstić information content (AvgIpc) is 3.22. The Bertz CT molecular complexity index is 906. The van der Waals surface area contributed by atoms with Gasteiger partial charge in [-0.1, -0.05) is 13.8 Å². The summed E-state index contributed by atoms with van der Waals surface area (Å²) < 4.78 is 26.9. The smallest absolute Gasteiger partial charge is 0.200 e. The molecular weight excluding hydrogens is 340 g/mol. The van der Waals surface area contributed by atoms with Crippen LogP contribution in [-0.4, -0.2) is 77.4 Å². The van der Waals surface area contributed by atoms with Crippen LogP contribution in [0.3, 0.4) is 0 Å². The van der Waals surface area contributed by atoms with Crippen LogP contribution >= 0.6 is 0 Å². The zero-order chi connectivity index (χ0) is 17.9. The van der Waals surface area contributed by atoms with Crippen LogP contribution in [0, 0.1) is 5.92 Å². The molecule has 0 saturated carbocycles. The lowest BCUT2D eigenvalue weighted by Gasteiger charge is -2.26. The number of rotatable bonds is 3. The number of fused-ring (bicyclic) bond motifs is 2. The molecule has 0 amide bonds. The molecule has 25 heavy (non-hydrogen) atoms. The number of aromatic nitrogens is 4. The normalized spacial score (nSPS) is 28.4. The maximum Gasteiger partial charge on any atom is 0.200 e. The highest BCUT2D eigenvalue weighted by Crippen LogP contribution is 2.39. The Hall–Kier alpha value is -1.74. The minimum absolute atomic E-state index is 0.0697. The minimum Gasteiger partial charge on any atom is -0.367 e. The highest BCUT2D eigenvalue weighted by molar-refractivity contribution is 7.92. The molecule has 2 aromatic rings. The Labute approximate surface area is 147 Å². The fraction of sp³-hybridized carbons (Fsp3) is 0.688. The third-order valence-electron chi connectivity index (χ3n) is 5.53. The Morgan fingerprint density at radius 1 is 1.28 bits per heavy atom. The van der Waals surface area contributed by atoms with Crippen LogP contribution in [-0.2, 0) is 9.84 Å². The molecule has 2 aliphatic rings. The third kappa shape index (κ3) is 2.60. The number of nitrogens with zero attached hydrogens (tertiary/aromatic N) is 6. The van der Waals surface area contributed by atoms with Gasteiger partial charge in [-0.15, -0.1) is 10.2 Å². The van der Waals surface area contributed by atoms with Gasteiger partial charge in [0.15, 0.2) is 9.84 Å². The van der Waals surface area contributed by atoms with Gasteiger partial charge in [-0.2, -0.15) is 9.61 Å². The van der Waals surface area contributed by atoms with E-state index in [1.807, 2.05) is 25.1 Å². The van der Waals surface area contributed by atoms with E-state index in [0.29, 0.717) is 12.2 Å². The molecule has 0 bridgehead atoms. The first-order valence-electron chi connectivity index (χ1n) is 8.62. The van der Waals surface area contributed by atoms with Gasteiger partial charge in [0.1, 0.15) is 6.33 Å².